The first kappa shape index (κ1) is 42.8. The predicted molar refractivity (Wildman–Crippen MR) is 232 cm³/mol. The molecule has 3 aromatic rings. The normalized spacial score (nSPS) is 21.5. The smallest absolute Gasteiger partial charge is 0.186 e. The molecule has 3 aromatic carbocycles. The van der Waals surface area contributed by atoms with E-state index in [1.165, 1.54) is 29.2 Å². The van der Waals surface area contributed by atoms with Crippen LogP contribution in [0.5, 0.6) is 11.5 Å². The summed E-state index contributed by atoms with van der Waals surface area (Å²) in [5.74, 6) is 1.60. The lowest BCUT2D eigenvalue weighted by atomic mass is 9.68. The molecule has 2 heterocycles. The molecule has 0 aromatic heterocycles. The molecule has 1 unspecified atom stereocenters. The highest BCUT2D eigenvalue weighted by molar-refractivity contribution is 6.06. The molecule has 9 heteroatoms. The van der Waals surface area contributed by atoms with Crippen LogP contribution in [-0.2, 0) is 35.3 Å². The molecule has 1 saturated heterocycles. The molecule has 1 fully saturated rings. The maximum Gasteiger partial charge on any atom is 0.186 e. The third kappa shape index (κ3) is 12.4. The van der Waals surface area contributed by atoms with Gasteiger partial charge in [0, 0.05) is 25.2 Å². The van der Waals surface area contributed by atoms with Crippen LogP contribution in [-0.4, -0.2) is 60.9 Å². The number of hydrogen-bond donors (Lipinski definition) is 6. The van der Waals surface area contributed by atoms with Crippen molar-refractivity contribution in [3.05, 3.63) is 136 Å². The number of likely N-dealkylation sites (N-methyl/N-ethyl adjacent to an activating group) is 1. The zero-order chi connectivity index (χ0) is 40.7. The SMILES string of the molecule is CN[C@H]1C=C[C@@H]2CNCC[C@H]2[C@@H]1CCCCCC(=O)CC(=O)/C=C/c1cc(OCO)c(O)cc1CC1=CNC(N)C=C1CCc1cccc(CCc2ccccc2)c1. The molecule has 0 radical (unpaired) electrons. The van der Waals surface area contributed by atoms with Gasteiger partial charge in [0.1, 0.15) is 5.78 Å². The molecule has 3 aliphatic rings. The number of ketones is 2. The van der Waals surface area contributed by atoms with Crippen LogP contribution in [0.1, 0.15) is 79.2 Å². The number of aromatic hydroxyl groups is 1. The highest BCUT2D eigenvalue weighted by Gasteiger charge is 2.36. The number of Topliss-reactive ketones (excluding diaryl/α,β-unsaturated/α-hetero) is 1. The van der Waals surface area contributed by atoms with Gasteiger partial charge in [0.05, 0.1) is 12.6 Å². The summed E-state index contributed by atoms with van der Waals surface area (Å²) < 4.78 is 5.28. The van der Waals surface area contributed by atoms with Crippen molar-refractivity contribution in [2.24, 2.45) is 23.5 Å². The summed E-state index contributed by atoms with van der Waals surface area (Å²) >= 11 is 0. The number of ether oxygens (including phenoxy) is 1. The van der Waals surface area contributed by atoms with E-state index in [1.54, 1.807) is 18.2 Å². The van der Waals surface area contributed by atoms with Crippen molar-refractivity contribution in [3.63, 3.8) is 0 Å². The van der Waals surface area contributed by atoms with Crippen LogP contribution in [0.2, 0.25) is 0 Å². The van der Waals surface area contributed by atoms with Gasteiger partial charge in [-0.05, 0) is 146 Å². The van der Waals surface area contributed by atoms with E-state index in [2.05, 4.69) is 76.6 Å². The Labute approximate surface area is 344 Å². The van der Waals surface area contributed by atoms with Gasteiger partial charge in [-0.3, -0.25) is 9.59 Å². The van der Waals surface area contributed by atoms with Crippen LogP contribution in [0.15, 0.2) is 108 Å². The first-order valence-corrected chi connectivity index (χ1v) is 21.2. The highest BCUT2D eigenvalue weighted by atomic mass is 16.6. The summed E-state index contributed by atoms with van der Waals surface area (Å²) in [6.07, 6.45) is 20.9. The fourth-order valence-corrected chi connectivity index (χ4v) is 8.97. The quantitative estimate of drug-likeness (QED) is 0.0224. The Morgan fingerprint density at radius 3 is 2.50 bits per heavy atom. The van der Waals surface area contributed by atoms with Crippen LogP contribution in [0.3, 0.4) is 0 Å². The van der Waals surface area contributed by atoms with Crippen LogP contribution < -0.4 is 26.4 Å². The second-order valence-electron chi connectivity index (χ2n) is 16.1. The van der Waals surface area contributed by atoms with Crippen molar-refractivity contribution in [1.29, 1.82) is 0 Å². The molecule has 6 rings (SSSR count). The van der Waals surface area contributed by atoms with Gasteiger partial charge in [0.25, 0.3) is 0 Å². The second-order valence-corrected chi connectivity index (χ2v) is 16.1. The molecule has 1 aliphatic carbocycles. The Morgan fingerprint density at radius 1 is 0.931 bits per heavy atom. The van der Waals surface area contributed by atoms with Crippen LogP contribution >= 0.6 is 0 Å². The van der Waals surface area contributed by atoms with Crippen molar-refractivity contribution in [2.75, 3.05) is 26.9 Å². The standard InChI is InChI=1S/C49H62N4O5/c1-51-46-22-20-39-31-52-24-23-44(39)45(46)14-7-3-6-13-42(55)30-43(56)21-19-37-28-48(58-33-54)47(57)27-40(37)26-41-32-53-49(50)29-38(41)18-17-36-12-8-11-35(25-36)16-15-34-9-4-2-5-10-34/h2,4-5,8-12,19-22,25,27-29,32,39,44-46,49,51-54,57H,3,6-7,13-18,23-24,26,30-31,33,50H2,1H3/b21-19+/t39-,44-,45+,46+,49?/m1/s1. The van der Waals surface area contributed by atoms with Crippen molar-refractivity contribution in [2.45, 2.75) is 89.3 Å². The molecule has 9 nitrogen and oxygen atoms in total. The molecule has 0 bridgehead atoms. The fraction of sp³-hybridized carbons (Fsp3) is 0.429. The van der Waals surface area contributed by atoms with Crippen molar-refractivity contribution >= 4 is 17.6 Å². The van der Waals surface area contributed by atoms with Crippen LogP contribution in [0.25, 0.3) is 6.08 Å². The molecule has 58 heavy (non-hydrogen) atoms. The van der Waals surface area contributed by atoms with Gasteiger partial charge >= 0.3 is 0 Å². The molecule has 0 amide bonds. The van der Waals surface area contributed by atoms with E-state index in [0.717, 1.165) is 81.2 Å². The maximum atomic E-state index is 13.1. The van der Waals surface area contributed by atoms with E-state index in [9.17, 15) is 19.8 Å². The summed E-state index contributed by atoms with van der Waals surface area (Å²) in [4.78, 5) is 25.9. The Bertz CT molecular complexity index is 1950. The zero-order valence-electron chi connectivity index (χ0n) is 34.0. The number of rotatable bonds is 21. The van der Waals surface area contributed by atoms with Gasteiger partial charge in [0.2, 0.25) is 0 Å². The Kier molecular flexibility index (Phi) is 16.1. The zero-order valence-corrected chi connectivity index (χ0v) is 34.0. The number of aliphatic hydroxyl groups is 1. The lowest BCUT2D eigenvalue weighted by molar-refractivity contribution is -0.124. The minimum Gasteiger partial charge on any atom is -0.504 e. The van der Waals surface area contributed by atoms with Gasteiger partial charge in [0.15, 0.2) is 24.1 Å². The van der Waals surface area contributed by atoms with Gasteiger partial charge in [-0.25, -0.2) is 0 Å². The number of unbranched alkanes of at least 4 members (excludes halogenated alkanes) is 2. The van der Waals surface area contributed by atoms with Gasteiger partial charge < -0.3 is 36.6 Å². The Morgan fingerprint density at radius 2 is 1.71 bits per heavy atom. The third-order valence-corrected chi connectivity index (χ3v) is 12.1. The number of carbonyl (C=O) groups is 2. The fourth-order valence-electron chi connectivity index (χ4n) is 8.97. The number of aliphatic hydroxyl groups excluding tert-OH is 1. The first-order valence-electron chi connectivity index (χ1n) is 21.2. The number of benzene rings is 3. The predicted octanol–water partition coefficient (Wildman–Crippen LogP) is 6.87. The number of phenolic OH excluding ortho intramolecular Hbond substituents is 1. The molecule has 7 N–H and O–H groups in total. The topological polar surface area (TPSA) is 146 Å². The van der Waals surface area contributed by atoms with E-state index in [4.69, 9.17) is 10.5 Å². The summed E-state index contributed by atoms with van der Waals surface area (Å²) in [6.45, 7) is 1.54. The van der Waals surface area contributed by atoms with E-state index in [1.807, 2.05) is 25.4 Å². The highest BCUT2D eigenvalue weighted by Crippen LogP contribution is 2.38. The molecule has 2 aliphatic heterocycles. The number of dihydropyridines is 1. The maximum absolute atomic E-state index is 13.1. The Balaban J connectivity index is 1.03. The molecule has 0 saturated carbocycles. The number of phenols is 1. The van der Waals surface area contributed by atoms with Crippen LogP contribution in [0, 0.1) is 17.8 Å². The summed E-state index contributed by atoms with van der Waals surface area (Å²) in [6, 6.07) is 22.9. The minimum absolute atomic E-state index is 0.0525. The van der Waals surface area contributed by atoms with E-state index in [-0.39, 0.29) is 35.7 Å². The number of nitrogens with one attached hydrogen (secondary N) is 3. The van der Waals surface area contributed by atoms with Crippen molar-refractivity contribution in [1.82, 2.24) is 16.0 Å². The molecule has 308 valence electrons. The lowest BCUT2D eigenvalue weighted by Crippen LogP contribution is -2.47. The van der Waals surface area contributed by atoms with E-state index in [0.29, 0.717) is 42.2 Å². The summed E-state index contributed by atoms with van der Waals surface area (Å²) in [7, 11) is 2.05. The van der Waals surface area contributed by atoms with Crippen molar-refractivity contribution in [3.8, 4) is 11.5 Å². The van der Waals surface area contributed by atoms with E-state index < -0.39 is 6.79 Å². The number of piperidine rings is 1. The molecule has 5 atom stereocenters. The summed E-state index contributed by atoms with van der Waals surface area (Å²) in [5, 5.41) is 30.5. The summed E-state index contributed by atoms with van der Waals surface area (Å²) in [5.41, 5.74) is 13.7. The monoisotopic (exact) mass is 786 g/mol. The average molecular weight is 787 g/mol. The molecule has 0 spiro atoms. The lowest BCUT2D eigenvalue weighted by Gasteiger charge is -2.42. The van der Waals surface area contributed by atoms with Crippen LogP contribution in [0.4, 0.5) is 0 Å². The average Bonchev–Trinajstić information content (AvgIpc) is 3.23. The number of fused-ring (bicyclic) bond motifs is 1. The molecular formula is C49H62N4O5. The van der Waals surface area contributed by atoms with Gasteiger partial charge in [-0.2, -0.15) is 0 Å². The molecular weight excluding hydrogens is 725 g/mol. The number of aryl methyl sites for hydroxylation is 3. The minimum atomic E-state index is -0.608. The largest absolute Gasteiger partial charge is 0.504 e. The van der Waals surface area contributed by atoms with Gasteiger partial charge in [-0.15, -0.1) is 0 Å². The van der Waals surface area contributed by atoms with Crippen molar-refractivity contribution < 1.29 is 24.5 Å². The number of allylic oxidation sites excluding steroid dienone is 3. The number of carbonyl (C=O) groups excluding carboxylic acids is 2. The second kappa shape index (κ2) is 21.8. The van der Waals surface area contributed by atoms with E-state index >= 15 is 0 Å². The Hall–Kier alpha value is -4.80. The number of hydrogen-bond acceptors (Lipinski definition) is 9. The first-order chi connectivity index (χ1) is 28.3. The number of nitrogens with two attached hydrogens (primary N) is 1. The third-order valence-electron chi connectivity index (χ3n) is 12.1. The van der Waals surface area contributed by atoms with Gasteiger partial charge in [-0.1, -0.05) is 85.7 Å².